The number of carboxylic acid groups (broad SMARTS) is 1. The van der Waals surface area contributed by atoms with Crippen molar-refractivity contribution in [3.8, 4) is 0 Å². The number of benzene rings is 2. The van der Waals surface area contributed by atoms with Gasteiger partial charge >= 0.3 is 5.97 Å². The lowest BCUT2D eigenvalue weighted by Gasteiger charge is -2.16. The summed E-state index contributed by atoms with van der Waals surface area (Å²) in [7, 11) is 0. The van der Waals surface area contributed by atoms with Crippen molar-refractivity contribution in [3.63, 3.8) is 0 Å². The Balaban J connectivity index is 0.000000185. The first-order valence-electron chi connectivity index (χ1n) is 22.4. The summed E-state index contributed by atoms with van der Waals surface area (Å²) in [4.78, 5) is 29.8. The van der Waals surface area contributed by atoms with Gasteiger partial charge in [-0.25, -0.2) is 8.78 Å². The largest absolute Gasteiger partial charge is 0.481 e. The van der Waals surface area contributed by atoms with Crippen molar-refractivity contribution in [2.24, 2.45) is 0 Å². The standard InChI is InChI=1S/C27H31FN2O2.C25H27FN2O/c28-23-12-14-25-21(16-23)15-22(18-29-25)20(17-27(31)32)8-3-1-2-4-9-24-13-11-19-7-5-6-10-26(19)30-24;26-21-11-14-24-20(16-21)15-18(17-27-24)9-13-23(29)7-3-2-6-22-12-10-19-5-1-4-8-25(19)28-22/h11-16,18,20H,1-10,17H2,(H,31,32);9-17,23,29H,1-8H2/b;13-9+. The van der Waals surface area contributed by atoms with Crippen molar-refractivity contribution in [1.82, 2.24) is 19.9 Å². The minimum absolute atomic E-state index is 0.0710. The van der Waals surface area contributed by atoms with Gasteiger partial charge in [-0.1, -0.05) is 50.0 Å². The molecule has 2 aromatic carbocycles. The minimum Gasteiger partial charge on any atom is -0.481 e. The number of hydrogen-bond donors (Lipinski definition) is 2. The number of carbonyl (C=O) groups is 1. The number of pyridine rings is 4. The number of nitrogens with zero attached hydrogens (tertiary/aromatic N) is 4. The summed E-state index contributed by atoms with van der Waals surface area (Å²) in [5, 5.41) is 21.1. The maximum Gasteiger partial charge on any atom is 0.303 e. The SMILES string of the molecule is O=C(O)CC(CCCCCCc1ccc2c(n1)CCCC2)c1cnc2ccc(F)cc2c1.OC(/C=C/c1cnc2ccc(F)cc2c1)CCCCc1ccc2c(n1)CCCC2. The topological polar surface area (TPSA) is 109 Å². The fraction of sp³-hybridized carbons (Fsp3) is 0.404. The predicted molar refractivity (Wildman–Crippen MR) is 240 cm³/mol. The van der Waals surface area contributed by atoms with Gasteiger partial charge in [-0.15, -0.1) is 0 Å². The molecule has 9 heteroatoms. The Hall–Kier alpha value is -5.41. The zero-order valence-electron chi connectivity index (χ0n) is 35.2. The number of hydrogen-bond acceptors (Lipinski definition) is 6. The van der Waals surface area contributed by atoms with E-state index in [1.807, 2.05) is 18.2 Å². The highest BCUT2D eigenvalue weighted by Gasteiger charge is 2.17. The van der Waals surface area contributed by atoms with Gasteiger partial charge in [-0.05, 0) is 179 Å². The van der Waals surface area contributed by atoms with Crippen LogP contribution in [-0.4, -0.2) is 42.2 Å². The summed E-state index contributed by atoms with van der Waals surface area (Å²) in [6, 6.07) is 21.7. The molecule has 0 bridgehead atoms. The monoisotopic (exact) mass is 824 g/mol. The van der Waals surface area contributed by atoms with Crippen molar-refractivity contribution in [3.05, 3.63) is 148 Å². The number of aromatic nitrogens is 4. The molecule has 4 heterocycles. The van der Waals surface area contributed by atoms with Gasteiger partial charge in [0.05, 0.1) is 23.6 Å². The third-order valence-corrected chi connectivity index (χ3v) is 12.1. The van der Waals surface area contributed by atoms with Crippen LogP contribution < -0.4 is 0 Å². The summed E-state index contributed by atoms with van der Waals surface area (Å²) in [5.74, 6) is -1.49. The summed E-state index contributed by atoms with van der Waals surface area (Å²) >= 11 is 0. The van der Waals surface area contributed by atoms with Gasteiger partial charge < -0.3 is 10.2 Å². The molecule has 7 nitrogen and oxygen atoms in total. The summed E-state index contributed by atoms with van der Waals surface area (Å²) in [5.41, 5.74) is 11.0. The quantitative estimate of drug-likeness (QED) is 0.0882. The second-order valence-corrected chi connectivity index (χ2v) is 16.9. The fourth-order valence-electron chi connectivity index (χ4n) is 8.71. The average molecular weight is 825 g/mol. The van der Waals surface area contributed by atoms with Gasteiger partial charge in [0.2, 0.25) is 0 Å². The maximum atomic E-state index is 13.6. The lowest BCUT2D eigenvalue weighted by Crippen LogP contribution is -2.07. The zero-order valence-corrected chi connectivity index (χ0v) is 35.2. The van der Waals surface area contributed by atoms with Crippen molar-refractivity contribution in [1.29, 1.82) is 0 Å². The lowest BCUT2D eigenvalue weighted by molar-refractivity contribution is -0.137. The minimum atomic E-state index is -0.812. The molecule has 2 aliphatic carbocycles. The number of halogens is 2. The van der Waals surface area contributed by atoms with Crippen LogP contribution in [-0.2, 0) is 43.3 Å². The fourth-order valence-corrected chi connectivity index (χ4v) is 8.71. The highest BCUT2D eigenvalue weighted by Crippen LogP contribution is 2.29. The van der Waals surface area contributed by atoms with Crippen LogP contribution >= 0.6 is 0 Å². The van der Waals surface area contributed by atoms with E-state index in [0.717, 1.165) is 110 Å². The van der Waals surface area contributed by atoms with Crippen LogP contribution in [0.25, 0.3) is 27.9 Å². The molecule has 2 N–H and O–H groups in total. The van der Waals surface area contributed by atoms with Crippen LogP contribution in [0.5, 0.6) is 0 Å². The average Bonchev–Trinajstić information content (AvgIpc) is 3.27. The van der Waals surface area contributed by atoms with Gasteiger partial charge in [0.1, 0.15) is 11.6 Å². The molecular formula is C52H58F2N4O3. The van der Waals surface area contributed by atoms with Crippen molar-refractivity contribution in [2.75, 3.05) is 0 Å². The Morgan fingerprint density at radius 2 is 1.20 bits per heavy atom. The van der Waals surface area contributed by atoms with E-state index in [-0.39, 0.29) is 24.0 Å². The summed E-state index contributed by atoms with van der Waals surface area (Å²) in [6.07, 6.45) is 26.1. The van der Waals surface area contributed by atoms with Gasteiger partial charge in [-0.3, -0.25) is 24.7 Å². The molecule has 8 rings (SSSR count). The normalized spacial score (nSPS) is 14.6. The number of carboxylic acids is 1. The van der Waals surface area contributed by atoms with Gasteiger partial charge in [0.15, 0.2) is 0 Å². The Bertz CT molecular complexity index is 2430. The highest BCUT2D eigenvalue weighted by atomic mass is 19.1. The van der Waals surface area contributed by atoms with Crippen LogP contribution in [0.1, 0.15) is 134 Å². The van der Waals surface area contributed by atoms with Gasteiger partial charge in [0, 0.05) is 45.9 Å². The molecule has 0 spiro atoms. The number of aliphatic hydroxyl groups is 1. The third-order valence-electron chi connectivity index (χ3n) is 12.1. The first-order chi connectivity index (χ1) is 29.8. The zero-order chi connectivity index (χ0) is 42.4. The summed E-state index contributed by atoms with van der Waals surface area (Å²) in [6.45, 7) is 0. The van der Waals surface area contributed by atoms with E-state index in [1.165, 1.54) is 96.7 Å². The molecule has 0 radical (unpaired) electrons. The lowest BCUT2D eigenvalue weighted by atomic mass is 9.90. The molecule has 0 saturated heterocycles. The molecule has 6 aromatic rings. The molecule has 4 aromatic heterocycles. The van der Waals surface area contributed by atoms with Gasteiger partial charge in [0.25, 0.3) is 0 Å². The molecule has 2 aliphatic rings. The molecule has 0 fully saturated rings. The molecular weight excluding hydrogens is 767 g/mol. The van der Waals surface area contributed by atoms with Crippen molar-refractivity contribution < 1.29 is 23.8 Å². The van der Waals surface area contributed by atoms with E-state index in [4.69, 9.17) is 9.97 Å². The van der Waals surface area contributed by atoms with Crippen LogP contribution in [0.3, 0.4) is 0 Å². The smallest absolute Gasteiger partial charge is 0.303 e. The first-order valence-corrected chi connectivity index (χ1v) is 22.4. The molecule has 61 heavy (non-hydrogen) atoms. The molecule has 318 valence electrons. The molecule has 0 amide bonds. The molecule has 0 aliphatic heterocycles. The van der Waals surface area contributed by atoms with E-state index in [0.29, 0.717) is 0 Å². The Morgan fingerprint density at radius 3 is 1.84 bits per heavy atom. The van der Waals surface area contributed by atoms with E-state index < -0.39 is 12.1 Å². The van der Waals surface area contributed by atoms with Crippen LogP contribution in [0.15, 0.2) is 91.3 Å². The van der Waals surface area contributed by atoms with E-state index in [1.54, 1.807) is 30.6 Å². The van der Waals surface area contributed by atoms with E-state index >= 15 is 0 Å². The number of aryl methyl sites for hydroxylation is 6. The predicted octanol–water partition coefficient (Wildman–Crippen LogP) is 11.8. The van der Waals surface area contributed by atoms with E-state index in [9.17, 15) is 23.8 Å². The first kappa shape index (κ1) is 43.7. The maximum absolute atomic E-state index is 13.6. The number of unbranched alkanes of at least 4 members (excludes halogenated alkanes) is 4. The van der Waals surface area contributed by atoms with Crippen molar-refractivity contribution in [2.45, 2.75) is 134 Å². The highest BCUT2D eigenvalue weighted by molar-refractivity contribution is 5.81. The van der Waals surface area contributed by atoms with Crippen LogP contribution in [0.4, 0.5) is 8.78 Å². The number of aliphatic carboxylic acids is 1. The Labute approximate surface area is 358 Å². The summed E-state index contributed by atoms with van der Waals surface area (Å²) < 4.78 is 27.0. The number of aliphatic hydroxyl groups excluding tert-OH is 1. The number of rotatable bonds is 17. The van der Waals surface area contributed by atoms with E-state index in [2.05, 4.69) is 34.2 Å². The van der Waals surface area contributed by atoms with Gasteiger partial charge in [-0.2, -0.15) is 0 Å². The van der Waals surface area contributed by atoms with Crippen LogP contribution in [0, 0.1) is 11.6 Å². The Kier molecular flexibility index (Phi) is 15.7. The Morgan fingerprint density at radius 1 is 0.639 bits per heavy atom. The third kappa shape index (κ3) is 13.0. The number of fused-ring (bicyclic) bond motifs is 4. The van der Waals surface area contributed by atoms with Crippen LogP contribution in [0.2, 0.25) is 0 Å². The molecule has 2 atom stereocenters. The van der Waals surface area contributed by atoms with Crippen molar-refractivity contribution >= 4 is 33.9 Å². The molecule has 2 unspecified atom stereocenters. The second kappa shape index (κ2) is 21.9. The molecule has 0 saturated carbocycles. The second-order valence-electron chi connectivity index (χ2n) is 16.9.